The molecule has 0 aliphatic carbocycles. The first-order valence-corrected chi connectivity index (χ1v) is 11.5. The van der Waals surface area contributed by atoms with E-state index in [1.54, 1.807) is 17.0 Å². The van der Waals surface area contributed by atoms with Crippen LogP contribution in [0.4, 0.5) is 4.39 Å². The summed E-state index contributed by atoms with van der Waals surface area (Å²) in [6.45, 7) is 2.78. The Morgan fingerprint density at radius 3 is 2.39 bits per heavy atom. The van der Waals surface area contributed by atoms with Gasteiger partial charge in [0, 0.05) is 57.4 Å². The number of nitrogens with zero attached hydrogens (tertiary/aromatic N) is 3. The molecule has 7 nitrogen and oxygen atoms in total. The van der Waals surface area contributed by atoms with E-state index in [2.05, 4.69) is 4.90 Å². The number of piperazine rings is 1. The van der Waals surface area contributed by atoms with Crippen molar-refractivity contribution in [1.29, 1.82) is 0 Å². The van der Waals surface area contributed by atoms with E-state index in [-0.39, 0.29) is 27.9 Å². The summed E-state index contributed by atoms with van der Waals surface area (Å²) in [7, 11) is 0.473. The van der Waals surface area contributed by atoms with Crippen molar-refractivity contribution in [3.05, 3.63) is 58.4 Å². The molecule has 1 heterocycles. The third-order valence-corrected chi connectivity index (χ3v) is 7.43. The molecule has 0 spiro atoms. The molecule has 1 fully saturated rings. The van der Waals surface area contributed by atoms with Gasteiger partial charge in [0.05, 0.1) is 7.11 Å². The van der Waals surface area contributed by atoms with Gasteiger partial charge in [-0.2, -0.15) is 0 Å². The van der Waals surface area contributed by atoms with Crippen molar-refractivity contribution in [2.24, 2.45) is 0 Å². The van der Waals surface area contributed by atoms with Gasteiger partial charge in [0.2, 0.25) is 10.0 Å². The number of hydrogen-bond donors (Lipinski definition) is 0. The Hall–Kier alpha value is -2.20. The van der Waals surface area contributed by atoms with E-state index in [1.165, 1.54) is 45.5 Å². The smallest absolute Gasteiger partial charge is 0.253 e. The number of hydrogen-bond acceptors (Lipinski definition) is 5. The number of benzene rings is 2. The fourth-order valence-electron chi connectivity index (χ4n) is 3.39. The van der Waals surface area contributed by atoms with Crippen molar-refractivity contribution in [3.8, 4) is 5.75 Å². The first kappa shape index (κ1) is 23.5. The summed E-state index contributed by atoms with van der Waals surface area (Å²) in [4.78, 5) is 16.8. The molecule has 10 heteroatoms. The molecule has 1 aliphatic heterocycles. The topological polar surface area (TPSA) is 70.2 Å². The Morgan fingerprint density at radius 1 is 1.13 bits per heavy atom. The van der Waals surface area contributed by atoms with Gasteiger partial charge in [-0.05, 0) is 35.9 Å². The van der Waals surface area contributed by atoms with Crippen molar-refractivity contribution >= 4 is 27.5 Å². The fourth-order valence-corrected chi connectivity index (χ4v) is 4.69. The Morgan fingerprint density at radius 2 is 1.81 bits per heavy atom. The third kappa shape index (κ3) is 5.17. The van der Waals surface area contributed by atoms with Crippen LogP contribution < -0.4 is 4.74 Å². The minimum absolute atomic E-state index is 0.0459. The first-order chi connectivity index (χ1) is 14.6. The molecule has 0 atom stereocenters. The highest BCUT2D eigenvalue weighted by molar-refractivity contribution is 7.89. The number of rotatable bonds is 6. The van der Waals surface area contributed by atoms with E-state index in [1.807, 2.05) is 0 Å². The van der Waals surface area contributed by atoms with E-state index < -0.39 is 10.0 Å². The Bertz CT molecular complexity index is 1070. The predicted octanol–water partition coefficient (Wildman–Crippen LogP) is 2.70. The minimum Gasteiger partial charge on any atom is -0.495 e. The molecule has 0 unspecified atom stereocenters. The van der Waals surface area contributed by atoms with E-state index in [0.29, 0.717) is 37.7 Å². The van der Waals surface area contributed by atoms with Gasteiger partial charge in [0.1, 0.15) is 16.5 Å². The zero-order valence-corrected chi connectivity index (χ0v) is 19.2. The molecule has 0 aromatic heterocycles. The second-order valence-corrected chi connectivity index (χ2v) is 9.98. The Labute approximate surface area is 187 Å². The third-order valence-electron chi connectivity index (χ3n) is 5.24. The molecule has 0 saturated carbocycles. The average molecular weight is 470 g/mol. The zero-order valence-electron chi connectivity index (χ0n) is 17.6. The monoisotopic (exact) mass is 469 g/mol. The van der Waals surface area contributed by atoms with Crippen LogP contribution in [0, 0.1) is 5.82 Å². The molecule has 2 aromatic carbocycles. The molecular formula is C21H25ClFN3O4S. The number of carbonyl (C=O) groups excluding carboxylic acids is 1. The van der Waals surface area contributed by atoms with Crippen molar-refractivity contribution < 1.29 is 22.3 Å². The van der Waals surface area contributed by atoms with Gasteiger partial charge in [-0.1, -0.05) is 17.7 Å². The van der Waals surface area contributed by atoms with Crippen LogP contribution in [0.15, 0.2) is 41.3 Å². The molecule has 1 amide bonds. The molecule has 31 heavy (non-hydrogen) atoms. The standard InChI is InChI=1S/C21H25ClFN3O4S/c1-24(2)31(28,29)20-12-15(5-7-19(20)30-3)21(27)26-10-8-25(9-11-26)14-16-4-6-17(23)13-18(16)22/h4-7,12-13H,8-11,14H2,1-3H3. The van der Waals surface area contributed by atoms with Gasteiger partial charge in [-0.25, -0.2) is 17.1 Å². The Balaban J connectivity index is 1.71. The van der Waals surface area contributed by atoms with E-state index in [0.717, 1.165) is 9.87 Å². The van der Waals surface area contributed by atoms with Gasteiger partial charge < -0.3 is 9.64 Å². The summed E-state index contributed by atoms with van der Waals surface area (Å²) in [5.41, 5.74) is 1.12. The number of halogens is 2. The Kier molecular flexibility index (Phi) is 7.20. The lowest BCUT2D eigenvalue weighted by atomic mass is 10.1. The van der Waals surface area contributed by atoms with Crippen molar-refractivity contribution in [3.63, 3.8) is 0 Å². The van der Waals surface area contributed by atoms with Crippen LogP contribution in [0.2, 0.25) is 5.02 Å². The molecule has 1 aliphatic rings. The second kappa shape index (κ2) is 9.52. The normalized spacial score (nSPS) is 15.4. The van der Waals surface area contributed by atoms with Crippen LogP contribution >= 0.6 is 11.6 Å². The average Bonchev–Trinajstić information content (AvgIpc) is 2.75. The van der Waals surface area contributed by atoms with Crippen LogP contribution in [0.25, 0.3) is 0 Å². The highest BCUT2D eigenvalue weighted by atomic mass is 35.5. The largest absolute Gasteiger partial charge is 0.495 e. The molecule has 168 valence electrons. The van der Waals surface area contributed by atoms with Crippen LogP contribution in [0.5, 0.6) is 5.75 Å². The quantitative estimate of drug-likeness (QED) is 0.650. The second-order valence-electron chi connectivity index (χ2n) is 7.46. The molecule has 0 radical (unpaired) electrons. The van der Waals surface area contributed by atoms with Gasteiger partial charge in [-0.3, -0.25) is 9.69 Å². The number of amides is 1. The number of methoxy groups -OCH3 is 1. The summed E-state index contributed by atoms with van der Waals surface area (Å²) >= 11 is 6.11. The summed E-state index contributed by atoms with van der Waals surface area (Å²) in [5, 5.41) is 0.381. The molecule has 0 N–H and O–H groups in total. The van der Waals surface area contributed by atoms with Gasteiger partial charge in [0.25, 0.3) is 5.91 Å². The summed E-state index contributed by atoms with van der Waals surface area (Å²) in [6.07, 6.45) is 0. The van der Waals surface area contributed by atoms with Crippen LogP contribution in [-0.4, -0.2) is 75.8 Å². The van der Waals surface area contributed by atoms with E-state index in [4.69, 9.17) is 16.3 Å². The molecule has 0 bridgehead atoms. The molecular weight excluding hydrogens is 445 g/mol. The molecule has 1 saturated heterocycles. The fraction of sp³-hybridized carbons (Fsp3) is 0.381. The maximum Gasteiger partial charge on any atom is 0.253 e. The molecule has 2 aromatic rings. The lowest BCUT2D eigenvalue weighted by molar-refractivity contribution is 0.0628. The van der Waals surface area contributed by atoms with Crippen molar-refractivity contribution in [2.45, 2.75) is 11.4 Å². The van der Waals surface area contributed by atoms with Gasteiger partial charge >= 0.3 is 0 Å². The lowest BCUT2D eigenvalue weighted by Gasteiger charge is -2.35. The zero-order chi connectivity index (χ0) is 22.8. The van der Waals surface area contributed by atoms with E-state index >= 15 is 0 Å². The predicted molar refractivity (Wildman–Crippen MR) is 116 cm³/mol. The van der Waals surface area contributed by atoms with E-state index in [9.17, 15) is 17.6 Å². The van der Waals surface area contributed by atoms with Gasteiger partial charge in [0.15, 0.2) is 0 Å². The number of ether oxygens (including phenoxy) is 1. The summed E-state index contributed by atoms with van der Waals surface area (Å²) < 4.78 is 44.7. The van der Waals surface area contributed by atoms with Crippen LogP contribution in [0.1, 0.15) is 15.9 Å². The van der Waals surface area contributed by atoms with Crippen LogP contribution in [-0.2, 0) is 16.6 Å². The minimum atomic E-state index is -3.77. The molecule has 3 rings (SSSR count). The number of carbonyl (C=O) groups is 1. The first-order valence-electron chi connectivity index (χ1n) is 9.69. The summed E-state index contributed by atoms with van der Waals surface area (Å²) in [5.74, 6) is -0.428. The van der Waals surface area contributed by atoms with Crippen molar-refractivity contribution in [2.75, 3.05) is 47.4 Å². The maximum atomic E-state index is 13.2. The lowest BCUT2D eigenvalue weighted by Crippen LogP contribution is -2.48. The summed E-state index contributed by atoms with van der Waals surface area (Å²) in [6, 6.07) is 8.76. The van der Waals surface area contributed by atoms with Crippen molar-refractivity contribution in [1.82, 2.24) is 14.1 Å². The maximum absolute atomic E-state index is 13.2. The SMILES string of the molecule is COc1ccc(C(=O)N2CCN(Cc3ccc(F)cc3Cl)CC2)cc1S(=O)(=O)N(C)C. The highest BCUT2D eigenvalue weighted by Gasteiger charge is 2.27. The van der Waals surface area contributed by atoms with Crippen LogP contribution in [0.3, 0.4) is 0 Å². The van der Waals surface area contributed by atoms with Gasteiger partial charge in [-0.15, -0.1) is 0 Å². The highest BCUT2D eigenvalue weighted by Crippen LogP contribution is 2.28. The number of sulfonamides is 1.